The van der Waals surface area contributed by atoms with E-state index in [0.717, 1.165) is 41.8 Å². The molecular formula is C23H33N6O+. The molecule has 1 aromatic carbocycles. The van der Waals surface area contributed by atoms with Crippen LogP contribution in [0.3, 0.4) is 0 Å². The van der Waals surface area contributed by atoms with Crippen molar-refractivity contribution in [1.29, 1.82) is 0 Å². The van der Waals surface area contributed by atoms with Gasteiger partial charge in [-0.1, -0.05) is 6.92 Å². The second-order valence-corrected chi connectivity index (χ2v) is 9.99. The first-order valence-corrected chi connectivity index (χ1v) is 10.9. The van der Waals surface area contributed by atoms with Gasteiger partial charge in [0, 0.05) is 11.4 Å². The molecule has 0 amide bonds. The summed E-state index contributed by atoms with van der Waals surface area (Å²) >= 11 is 0. The number of hydrogen-bond donors (Lipinski definition) is 2. The van der Waals surface area contributed by atoms with Crippen molar-refractivity contribution < 1.29 is 4.90 Å². The van der Waals surface area contributed by atoms with E-state index in [1.807, 2.05) is 4.68 Å². The molecule has 3 atom stereocenters. The monoisotopic (exact) mass is 409 g/mol. The van der Waals surface area contributed by atoms with Crippen LogP contribution in [-0.2, 0) is 5.54 Å². The number of nitrogens with one attached hydrogen (secondary N) is 2. The highest BCUT2D eigenvalue weighted by molar-refractivity contribution is 5.80. The third-order valence-electron chi connectivity index (χ3n) is 6.40. The Morgan fingerprint density at radius 3 is 2.63 bits per heavy atom. The number of H-pyrrole nitrogens is 1. The number of nitrogens with zero attached hydrogens (tertiary/aromatic N) is 4. The maximum atomic E-state index is 13.3. The van der Waals surface area contributed by atoms with Crippen LogP contribution in [0.25, 0.3) is 10.9 Å². The molecule has 1 unspecified atom stereocenters. The molecule has 1 saturated heterocycles. The van der Waals surface area contributed by atoms with Crippen LogP contribution in [0.5, 0.6) is 0 Å². The molecule has 2 N–H and O–H groups in total. The quantitative estimate of drug-likeness (QED) is 0.696. The van der Waals surface area contributed by atoms with Gasteiger partial charge in [-0.3, -0.25) is 4.79 Å². The number of aromatic nitrogens is 5. The fourth-order valence-corrected chi connectivity index (χ4v) is 4.69. The standard InChI is InChI=1S/C23H32N6O/c1-14-8-7-9-28(13-14)20(21-25-26-27-29(21)23(4,5)6)18-12-17-10-15(2)16(3)11-19(17)24-22(18)30/h10-12,14,20H,7-9,13H2,1-6H3,(H,24,30)/p+1/t14-,20+/m0/s1. The van der Waals surface area contributed by atoms with Crippen molar-refractivity contribution in [2.75, 3.05) is 13.1 Å². The van der Waals surface area contributed by atoms with Gasteiger partial charge in [0.15, 0.2) is 6.04 Å². The number of quaternary nitrogens is 1. The molecule has 0 saturated carbocycles. The van der Waals surface area contributed by atoms with Gasteiger partial charge in [-0.15, -0.1) is 5.10 Å². The van der Waals surface area contributed by atoms with E-state index in [1.54, 1.807) is 0 Å². The molecule has 7 nitrogen and oxygen atoms in total. The molecule has 2 aromatic heterocycles. The molecule has 3 aromatic rings. The Hall–Kier alpha value is -2.54. The van der Waals surface area contributed by atoms with Gasteiger partial charge in [-0.25, -0.2) is 4.68 Å². The summed E-state index contributed by atoms with van der Waals surface area (Å²) < 4.78 is 1.88. The van der Waals surface area contributed by atoms with Gasteiger partial charge < -0.3 is 9.88 Å². The van der Waals surface area contributed by atoms with Gasteiger partial charge in [0.2, 0.25) is 5.82 Å². The van der Waals surface area contributed by atoms with E-state index in [1.165, 1.54) is 22.4 Å². The van der Waals surface area contributed by atoms with Gasteiger partial charge in [-0.2, -0.15) is 0 Å². The van der Waals surface area contributed by atoms with Crippen LogP contribution in [0.1, 0.15) is 69.1 Å². The summed E-state index contributed by atoms with van der Waals surface area (Å²) in [5, 5.41) is 13.8. The molecule has 30 heavy (non-hydrogen) atoms. The predicted octanol–water partition coefficient (Wildman–Crippen LogP) is 2.29. The lowest BCUT2D eigenvalue weighted by Crippen LogP contribution is -3.14. The summed E-state index contributed by atoms with van der Waals surface area (Å²) in [4.78, 5) is 17.8. The van der Waals surface area contributed by atoms with Crippen molar-refractivity contribution in [3.63, 3.8) is 0 Å². The number of piperidine rings is 1. The lowest BCUT2D eigenvalue weighted by atomic mass is 9.95. The highest BCUT2D eigenvalue weighted by atomic mass is 16.1. The maximum absolute atomic E-state index is 13.3. The lowest BCUT2D eigenvalue weighted by molar-refractivity contribution is -0.934. The minimum absolute atomic E-state index is 0.0510. The minimum atomic E-state index is -0.269. The molecule has 0 radical (unpaired) electrons. The zero-order valence-electron chi connectivity index (χ0n) is 18.9. The first-order valence-electron chi connectivity index (χ1n) is 10.9. The molecule has 1 aliphatic heterocycles. The molecule has 7 heteroatoms. The largest absolute Gasteiger partial charge is 0.322 e. The van der Waals surface area contributed by atoms with Gasteiger partial charge in [-0.05, 0) is 92.6 Å². The van der Waals surface area contributed by atoms with E-state index in [9.17, 15) is 4.79 Å². The normalized spacial score (nSPS) is 21.1. The van der Waals surface area contributed by atoms with Crippen molar-refractivity contribution in [1.82, 2.24) is 25.2 Å². The third-order valence-corrected chi connectivity index (χ3v) is 6.40. The molecule has 1 fully saturated rings. The summed E-state index contributed by atoms with van der Waals surface area (Å²) in [7, 11) is 0. The third kappa shape index (κ3) is 3.78. The van der Waals surface area contributed by atoms with Gasteiger partial charge in [0.05, 0.1) is 24.2 Å². The Labute approximate surface area is 177 Å². The Morgan fingerprint density at radius 2 is 1.93 bits per heavy atom. The number of tetrazole rings is 1. The Kier molecular flexibility index (Phi) is 5.26. The smallest absolute Gasteiger partial charge is 0.258 e. The molecular weight excluding hydrogens is 376 g/mol. The topological polar surface area (TPSA) is 80.9 Å². The highest BCUT2D eigenvalue weighted by Gasteiger charge is 2.38. The van der Waals surface area contributed by atoms with Crippen LogP contribution in [0.15, 0.2) is 23.0 Å². The van der Waals surface area contributed by atoms with Crippen molar-refractivity contribution in [2.45, 2.75) is 66.0 Å². The Bertz CT molecular complexity index is 1120. The maximum Gasteiger partial charge on any atom is 0.258 e. The number of likely N-dealkylation sites (tertiary alicyclic amines) is 1. The number of aromatic amines is 1. The van der Waals surface area contributed by atoms with Gasteiger partial charge in [0.1, 0.15) is 0 Å². The fourth-order valence-electron chi connectivity index (χ4n) is 4.69. The molecule has 0 bridgehead atoms. The number of fused-ring (bicyclic) bond motifs is 1. The number of pyridine rings is 1. The SMILES string of the molecule is Cc1cc2cc([C@H](c3nnnn3C(C)(C)C)[NH+]3CCC[C@H](C)C3)c(=O)[nH]c2cc1C. The Balaban J connectivity index is 1.92. The molecule has 4 rings (SSSR count). The molecule has 0 spiro atoms. The molecule has 3 heterocycles. The van der Waals surface area contributed by atoms with Crippen molar-refractivity contribution in [2.24, 2.45) is 5.92 Å². The molecule has 0 aliphatic carbocycles. The van der Waals surface area contributed by atoms with Crippen LogP contribution in [-0.4, -0.2) is 38.3 Å². The first kappa shape index (κ1) is 20.7. The number of benzene rings is 1. The zero-order chi connectivity index (χ0) is 21.6. The second-order valence-electron chi connectivity index (χ2n) is 9.99. The van der Waals surface area contributed by atoms with Crippen molar-refractivity contribution >= 4 is 10.9 Å². The van der Waals surface area contributed by atoms with Crippen molar-refractivity contribution in [3.8, 4) is 0 Å². The first-order chi connectivity index (χ1) is 14.1. The zero-order valence-corrected chi connectivity index (χ0v) is 18.9. The van der Waals surface area contributed by atoms with E-state index in [2.05, 4.69) is 80.3 Å². The Morgan fingerprint density at radius 1 is 1.20 bits per heavy atom. The summed E-state index contributed by atoms with van der Waals surface area (Å²) in [6.45, 7) is 14.8. The fraction of sp³-hybridized carbons (Fsp3) is 0.565. The lowest BCUT2D eigenvalue weighted by Gasteiger charge is -2.34. The van der Waals surface area contributed by atoms with Gasteiger partial charge in [0.25, 0.3) is 5.56 Å². The highest BCUT2D eigenvalue weighted by Crippen LogP contribution is 2.24. The van der Waals surface area contributed by atoms with E-state index in [-0.39, 0.29) is 17.1 Å². The van der Waals surface area contributed by atoms with E-state index >= 15 is 0 Å². The minimum Gasteiger partial charge on any atom is -0.322 e. The van der Waals surface area contributed by atoms with Gasteiger partial charge >= 0.3 is 0 Å². The van der Waals surface area contributed by atoms with Crippen molar-refractivity contribution in [3.05, 3.63) is 51.1 Å². The van der Waals surface area contributed by atoms with E-state index in [4.69, 9.17) is 0 Å². The number of rotatable bonds is 3. The molecule has 1 aliphatic rings. The van der Waals surface area contributed by atoms with Crippen LogP contribution in [0, 0.1) is 19.8 Å². The van der Waals surface area contributed by atoms with Crippen LogP contribution >= 0.6 is 0 Å². The summed E-state index contributed by atoms with van der Waals surface area (Å²) in [5.41, 5.74) is 3.70. The van der Waals surface area contributed by atoms with Crippen LogP contribution in [0.4, 0.5) is 0 Å². The predicted molar refractivity (Wildman–Crippen MR) is 118 cm³/mol. The summed E-state index contributed by atoms with van der Waals surface area (Å²) in [6.07, 6.45) is 2.38. The average Bonchev–Trinajstić information content (AvgIpc) is 3.14. The number of hydrogen-bond acceptors (Lipinski definition) is 4. The van der Waals surface area contributed by atoms with E-state index in [0.29, 0.717) is 5.92 Å². The average molecular weight is 410 g/mol. The van der Waals surface area contributed by atoms with Crippen LogP contribution in [0.2, 0.25) is 0 Å². The van der Waals surface area contributed by atoms with Crippen LogP contribution < -0.4 is 10.5 Å². The summed E-state index contributed by atoms with van der Waals surface area (Å²) in [6, 6.07) is 6.07. The molecule has 160 valence electrons. The summed E-state index contributed by atoms with van der Waals surface area (Å²) in [5.74, 6) is 1.37. The van der Waals surface area contributed by atoms with E-state index < -0.39 is 0 Å². The number of aryl methyl sites for hydroxylation is 2. The second kappa shape index (κ2) is 7.61.